The molecule has 21 heavy (non-hydrogen) atoms. The molecule has 110 valence electrons. The second kappa shape index (κ2) is 7.78. The van der Waals surface area contributed by atoms with E-state index in [2.05, 4.69) is 38.5 Å². The van der Waals surface area contributed by atoms with Gasteiger partial charge in [-0.25, -0.2) is 0 Å². The molecule has 0 saturated heterocycles. The van der Waals surface area contributed by atoms with Gasteiger partial charge in [0.2, 0.25) is 0 Å². The molecule has 0 unspecified atom stereocenters. The van der Waals surface area contributed by atoms with E-state index in [9.17, 15) is 4.79 Å². The fourth-order valence-electron chi connectivity index (χ4n) is 1.83. The Morgan fingerprint density at radius 1 is 1.29 bits per heavy atom. The number of hydrogen-bond donors (Lipinski definition) is 2. The first-order valence-electron chi connectivity index (χ1n) is 6.95. The fraction of sp³-hybridized carbons (Fsp3) is 0.250. The summed E-state index contributed by atoms with van der Waals surface area (Å²) in [6.45, 7) is 3.02. The Morgan fingerprint density at radius 3 is 2.86 bits per heavy atom. The lowest BCUT2D eigenvalue weighted by Gasteiger charge is -2.09. The van der Waals surface area contributed by atoms with E-state index < -0.39 is 0 Å². The van der Waals surface area contributed by atoms with Crippen molar-refractivity contribution in [2.45, 2.75) is 19.8 Å². The van der Waals surface area contributed by atoms with Crippen LogP contribution >= 0.6 is 15.9 Å². The highest BCUT2D eigenvalue weighted by molar-refractivity contribution is 9.10. The van der Waals surface area contributed by atoms with Gasteiger partial charge in [0.1, 0.15) is 0 Å². The van der Waals surface area contributed by atoms with Gasteiger partial charge in [0, 0.05) is 23.4 Å². The topological polar surface area (TPSA) is 54.0 Å². The van der Waals surface area contributed by atoms with E-state index >= 15 is 0 Å². The lowest BCUT2D eigenvalue weighted by Crippen LogP contribution is -2.13. The molecule has 0 saturated carbocycles. The molecule has 0 aliphatic carbocycles. The molecular formula is C16H18BrN3O. The third kappa shape index (κ3) is 4.56. The molecule has 0 atom stereocenters. The van der Waals surface area contributed by atoms with Gasteiger partial charge in [-0.1, -0.05) is 25.5 Å². The SMILES string of the molecule is CCCCNc1cncc(C(=O)Nc2ccccc2Br)c1. The van der Waals surface area contributed by atoms with Gasteiger partial charge < -0.3 is 10.6 Å². The molecule has 2 N–H and O–H groups in total. The minimum Gasteiger partial charge on any atom is -0.384 e. The number of aromatic nitrogens is 1. The van der Waals surface area contributed by atoms with Crippen molar-refractivity contribution >= 4 is 33.2 Å². The van der Waals surface area contributed by atoms with Crippen LogP contribution in [0.15, 0.2) is 47.2 Å². The van der Waals surface area contributed by atoms with Gasteiger partial charge >= 0.3 is 0 Å². The van der Waals surface area contributed by atoms with Crippen LogP contribution in [0.2, 0.25) is 0 Å². The number of anilines is 2. The third-order valence-electron chi connectivity index (χ3n) is 2.98. The minimum atomic E-state index is -0.173. The van der Waals surface area contributed by atoms with Crippen LogP contribution in [0.5, 0.6) is 0 Å². The summed E-state index contributed by atoms with van der Waals surface area (Å²) in [7, 11) is 0. The maximum absolute atomic E-state index is 12.2. The molecule has 5 heteroatoms. The number of para-hydroxylation sites is 1. The highest BCUT2D eigenvalue weighted by Crippen LogP contribution is 2.22. The van der Waals surface area contributed by atoms with Gasteiger partial charge in [0.25, 0.3) is 5.91 Å². The molecule has 4 nitrogen and oxygen atoms in total. The molecule has 1 aromatic carbocycles. The monoisotopic (exact) mass is 347 g/mol. The standard InChI is InChI=1S/C16H18BrN3O/c1-2-3-8-19-13-9-12(10-18-11-13)16(21)20-15-7-5-4-6-14(15)17/h4-7,9-11,19H,2-3,8H2,1H3,(H,20,21). The van der Waals surface area contributed by atoms with Gasteiger partial charge in [0.15, 0.2) is 0 Å². The summed E-state index contributed by atoms with van der Waals surface area (Å²) < 4.78 is 0.850. The first-order valence-corrected chi connectivity index (χ1v) is 7.75. The summed E-state index contributed by atoms with van der Waals surface area (Å²) in [5.74, 6) is -0.173. The zero-order valence-electron chi connectivity index (χ0n) is 11.9. The summed E-state index contributed by atoms with van der Waals surface area (Å²) in [5.41, 5.74) is 2.14. The van der Waals surface area contributed by atoms with Crippen LogP contribution in [0.25, 0.3) is 0 Å². The van der Waals surface area contributed by atoms with Crippen LogP contribution in [-0.2, 0) is 0 Å². The van der Waals surface area contributed by atoms with Crippen molar-refractivity contribution in [2.24, 2.45) is 0 Å². The molecule has 1 aromatic heterocycles. The number of hydrogen-bond acceptors (Lipinski definition) is 3. The summed E-state index contributed by atoms with van der Waals surface area (Å²) in [6, 6.07) is 9.32. The Bertz CT molecular complexity index is 616. The van der Waals surface area contributed by atoms with E-state index in [4.69, 9.17) is 0 Å². The van der Waals surface area contributed by atoms with Gasteiger partial charge in [-0.3, -0.25) is 9.78 Å². The van der Waals surface area contributed by atoms with E-state index in [0.29, 0.717) is 5.56 Å². The van der Waals surface area contributed by atoms with Crippen molar-refractivity contribution in [3.8, 4) is 0 Å². The summed E-state index contributed by atoms with van der Waals surface area (Å²) in [6.07, 6.45) is 5.51. The Kier molecular flexibility index (Phi) is 5.75. The molecule has 0 spiro atoms. The molecular weight excluding hydrogens is 330 g/mol. The fourth-order valence-corrected chi connectivity index (χ4v) is 2.21. The number of carbonyl (C=O) groups is 1. The lowest BCUT2D eigenvalue weighted by molar-refractivity contribution is 0.102. The van der Waals surface area contributed by atoms with Crippen LogP contribution in [0.3, 0.4) is 0 Å². The Balaban J connectivity index is 2.05. The second-order valence-corrected chi connectivity index (χ2v) is 5.53. The maximum atomic E-state index is 12.2. The first-order chi connectivity index (χ1) is 10.2. The van der Waals surface area contributed by atoms with E-state index in [0.717, 1.165) is 35.2 Å². The third-order valence-corrected chi connectivity index (χ3v) is 3.67. The number of rotatable bonds is 6. The van der Waals surface area contributed by atoms with Gasteiger partial charge in [-0.05, 0) is 40.5 Å². The second-order valence-electron chi connectivity index (χ2n) is 4.68. The number of nitrogens with one attached hydrogen (secondary N) is 2. The van der Waals surface area contributed by atoms with Crippen molar-refractivity contribution in [3.63, 3.8) is 0 Å². The molecule has 0 radical (unpaired) electrons. The molecule has 0 aliphatic heterocycles. The van der Waals surface area contributed by atoms with Crippen molar-refractivity contribution in [3.05, 3.63) is 52.8 Å². The predicted octanol–water partition coefficient (Wildman–Crippen LogP) is 4.31. The average molecular weight is 348 g/mol. The number of unbranched alkanes of at least 4 members (excludes halogenated alkanes) is 1. The summed E-state index contributed by atoms with van der Waals surface area (Å²) in [4.78, 5) is 16.4. The molecule has 2 aromatic rings. The highest BCUT2D eigenvalue weighted by atomic mass is 79.9. The number of benzene rings is 1. The number of halogens is 1. The van der Waals surface area contributed by atoms with E-state index in [1.807, 2.05) is 30.3 Å². The Hall–Kier alpha value is -1.88. The van der Waals surface area contributed by atoms with Crippen LogP contribution in [0.4, 0.5) is 11.4 Å². The maximum Gasteiger partial charge on any atom is 0.257 e. The molecule has 0 bridgehead atoms. The molecule has 0 aliphatic rings. The van der Waals surface area contributed by atoms with Crippen LogP contribution in [0, 0.1) is 0 Å². The molecule has 2 rings (SSSR count). The van der Waals surface area contributed by atoms with Gasteiger partial charge in [-0.15, -0.1) is 0 Å². The zero-order chi connectivity index (χ0) is 15.1. The number of carbonyl (C=O) groups excluding carboxylic acids is 1. The first kappa shape index (κ1) is 15.5. The molecule has 1 heterocycles. The summed E-state index contributed by atoms with van der Waals surface area (Å²) >= 11 is 3.41. The average Bonchev–Trinajstić information content (AvgIpc) is 2.50. The van der Waals surface area contributed by atoms with E-state index in [1.165, 1.54) is 0 Å². The van der Waals surface area contributed by atoms with E-state index in [-0.39, 0.29) is 5.91 Å². The number of nitrogens with zero attached hydrogens (tertiary/aromatic N) is 1. The zero-order valence-corrected chi connectivity index (χ0v) is 13.5. The van der Waals surface area contributed by atoms with Crippen molar-refractivity contribution < 1.29 is 4.79 Å². The quantitative estimate of drug-likeness (QED) is 0.765. The molecule has 1 amide bonds. The normalized spacial score (nSPS) is 10.2. The van der Waals surface area contributed by atoms with Gasteiger partial charge in [-0.2, -0.15) is 0 Å². The Labute approximate surface area is 133 Å². The van der Waals surface area contributed by atoms with Crippen LogP contribution in [0.1, 0.15) is 30.1 Å². The lowest BCUT2D eigenvalue weighted by atomic mass is 10.2. The van der Waals surface area contributed by atoms with Crippen molar-refractivity contribution in [1.29, 1.82) is 0 Å². The minimum absolute atomic E-state index is 0.173. The largest absolute Gasteiger partial charge is 0.384 e. The number of pyridine rings is 1. The van der Waals surface area contributed by atoms with Crippen LogP contribution in [-0.4, -0.2) is 17.4 Å². The number of amides is 1. The van der Waals surface area contributed by atoms with Crippen molar-refractivity contribution in [2.75, 3.05) is 17.2 Å². The smallest absolute Gasteiger partial charge is 0.257 e. The highest BCUT2D eigenvalue weighted by Gasteiger charge is 2.09. The van der Waals surface area contributed by atoms with Gasteiger partial charge in [0.05, 0.1) is 16.9 Å². The predicted molar refractivity (Wildman–Crippen MR) is 89.7 cm³/mol. The molecule has 0 fully saturated rings. The Morgan fingerprint density at radius 2 is 2.10 bits per heavy atom. The summed E-state index contributed by atoms with van der Waals surface area (Å²) in [5, 5.41) is 6.13. The van der Waals surface area contributed by atoms with Crippen LogP contribution < -0.4 is 10.6 Å². The van der Waals surface area contributed by atoms with Crippen molar-refractivity contribution in [1.82, 2.24) is 4.98 Å². The van der Waals surface area contributed by atoms with E-state index in [1.54, 1.807) is 12.4 Å².